The Bertz CT molecular complexity index is 461. The number of nitrogens with one attached hydrogen (secondary N) is 2. The summed E-state index contributed by atoms with van der Waals surface area (Å²) < 4.78 is 6.04. The molecule has 2 rings (SSSR count). The number of amides is 1. The van der Waals surface area contributed by atoms with E-state index in [0.29, 0.717) is 10.2 Å². The van der Waals surface area contributed by atoms with E-state index >= 15 is 0 Å². The largest absolute Gasteiger partial charge is 0.505 e. The quantitative estimate of drug-likeness (QED) is 0.736. The van der Waals surface area contributed by atoms with Crippen molar-refractivity contribution in [1.82, 2.24) is 5.32 Å². The second-order valence-corrected chi connectivity index (χ2v) is 5.38. The van der Waals surface area contributed by atoms with Gasteiger partial charge in [-0.2, -0.15) is 0 Å². The van der Waals surface area contributed by atoms with Crippen LogP contribution >= 0.6 is 15.9 Å². The van der Waals surface area contributed by atoms with Crippen LogP contribution in [0.2, 0.25) is 0 Å². The minimum Gasteiger partial charge on any atom is -0.505 e. The number of phenolic OH excluding ortho intramolecular Hbond substituents is 1. The smallest absolute Gasteiger partial charge is 0.250 e. The molecule has 1 heterocycles. The van der Waals surface area contributed by atoms with Crippen LogP contribution in [-0.2, 0) is 9.53 Å². The van der Waals surface area contributed by atoms with Crippen LogP contribution in [0.5, 0.6) is 5.75 Å². The van der Waals surface area contributed by atoms with Gasteiger partial charge in [0.05, 0.1) is 15.8 Å². The molecule has 3 N–H and O–H groups in total. The van der Waals surface area contributed by atoms with E-state index in [0.717, 1.165) is 13.1 Å². The first-order chi connectivity index (χ1) is 8.50. The SMILES string of the molecule is CC1(OCC(=O)Nc2cccc(Br)c2O)CNC1. The number of phenols is 1. The molecule has 0 spiro atoms. The molecular weight excluding hydrogens is 300 g/mol. The molecule has 0 bridgehead atoms. The number of carbonyl (C=O) groups excluding carboxylic acids is 1. The third-order valence-electron chi connectivity index (χ3n) is 2.81. The van der Waals surface area contributed by atoms with Crippen LogP contribution in [-0.4, -0.2) is 36.3 Å². The highest BCUT2D eigenvalue weighted by molar-refractivity contribution is 9.10. The highest BCUT2D eigenvalue weighted by Gasteiger charge is 2.33. The summed E-state index contributed by atoms with van der Waals surface area (Å²) in [6.07, 6.45) is 0. The first-order valence-corrected chi connectivity index (χ1v) is 6.41. The summed E-state index contributed by atoms with van der Waals surface area (Å²) in [4.78, 5) is 11.7. The first kappa shape index (κ1) is 13.3. The van der Waals surface area contributed by atoms with Crippen LogP contribution in [0.1, 0.15) is 6.92 Å². The molecule has 5 nitrogen and oxygen atoms in total. The zero-order valence-electron chi connectivity index (χ0n) is 10.00. The third kappa shape index (κ3) is 3.01. The fourth-order valence-corrected chi connectivity index (χ4v) is 1.99. The average molecular weight is 315 g/mol. The fraction of sp³-hybridized carbons (Fsp3) is 0.417. The van der Waals surface area contributed by atoms with Gasteiger partial charge in [-0.1, -0.05) is 6.07 Å². The third-order valence-corrected chi connectivity index (χ3v) is 3.45. The number of aromatic hydroxyl groups is 1. The summed E-state index contributed by atoms with van der Waals surface area (Å²) in [5.74, 6) is -0.265. The molecule has 1 amide bonds. The number of ether oxygens (including phenoxy) is 1. The molecule has 1 saturated heterocycles. The molecule has 0 aromatic heterocycles. The van der Waals surface area contributed by atoms with Crippen molar-refractivity contribution in [2.75, 3.05) is 25.0 Å². The summed E-state index contributed by atoms with van der Waals surface area (Å²) in [5, 5.41) is 15.4. The van der Waals surface area contributed by atoms with Gasteiger partial charge >= 0.3 is 0 Å². The minimum absolute atomic E-state index is 0.0161. The Kier molecular flexibility index (Phi) is 3.89. The molecule has 98 valence electrons. The number of halogens is 1. The van der Waals surface area contributed by atoms with Gasteiger partial charge in [0.2, 0.25) is 0 Å². The second-order valence-electron chi connectivity index (χ2n) is 4.53. The lowest BCUT2D eigenvalue weighted by Crippen LogP contribution is -2.59. The number of para-hydroxylation sites is 1. The number of hydrogen-bond acceptors (Lipinski definition) is 4. The van der Waals surface area contributed by atoms with Gasteiger partial charge in [0.25, 0.3) is 5.91 Å². The van der Waals surface area contributed by atoms with E-state index in [9.17, 15) is 9.90 Å². The van der Waals surface area contributed by atoms with Gasteiger partial charge in [0, 0.05) is 13.1 Å². The number of hydrogen-bond donors (Lipinski definition) is 3. The molecule has 0 aliphatic carbocycles. The van der Waals surface area contributed by atoms with Crippen LogP contribution in [0, 0.1) is 0 Å². The van der Waals surface area contributed by atoms with Crippen molar-refractivity contribution in [2.24, 2.45) is 0 Å². The van der Waals surface area contributed by atoms with E-state index in [-0.39, 0.29) is 23.9 Å². The van der Waals surface area contributed by atoms with Crippen LogP contribution < -0.4 is 10.6 Å². The molecule has 1 aromatic rings. The molecule has 0 saturated carbocycles. The molecule has 6 heteroatoms. The molecule has 0 unspecified atom stereocenters. The zero-order valence-corrected chi connectivity index (χ0v) is 11.6. The van der Waals surface area contributed by atoms with E-state index in [1.54, 1.807) is 18.2 Å². The van der Waals surface area contributed by atoms with Gasteiger partial charge < -0.3 is 20.5 Å². The maximum Gasteiger partial charge on any atom is 0.250 e. The fourth-order valence-electron chi connectivity index (χ4n) is 1.62. The Hall–Kier alpha value is -1.11. The molecule has 1 aliphatic rings. The maximum absolute atomic E-state index is 11.7. The number of rotatable bonds is 4. The van der Waals surface area contributed by atoms with Crippen molar-refractivity contribution in [3.05, 3.63) is 22.7 Å². The topological polar surface area (TPSA) is 70.6 Å². The summed E-state index contributed by atoms with van der Waals surface area (Å²) in [5.41, 5.74) is 0.117. The minimum atomic E-state index is -0.281. The molecule has 18 heavy (non-hydrogen) atoms. The Balaban J connectivity index is 1.89. The van der Waals surface area contributed by atoms with Crippen molar-refractivity contribution < 1.29 is 14.6 Å². The van der Waals surface area contributed by atoms with Gasteiger partial charge in [-0.05, 0) is 35.0 Å². The van der Waals surface area contributed by atoms with Crippen molar-refractivity contribution in [3.63, 3.8) is 0 Å². The molecule has 0 radical (unpaired) electrons. The van der Waals surface area contributed by atoms with E-state index < -0.39 is 0 Å². The molecule has 1 aromatic carbocycles. The molecular formula is C12H15BrN2O3. The van der Waals surface area contributed by atoms with E-state index in [1.807, 2.05) is 6.92 Å². The molecule has 0 atom stereocenters. The van der Waals surface area contributed by atoms with Crippen molar-refractivity contribution in [2.45, 2.75) is 12.5 Å². The Morgan fingerprint density at radius 1 is 1.61 bits per heavy atom. The van der Waals surface area contributed by atoms with Crippen LogP contribution in [0.25, 0.3) is 0 Å². The van der Waals surface area contributed by atoms with E-state index in [2.05, 4.69) is 26.6 Å². The molecule has 1 aliphatic heterocycles. The monoisotopic (exact) mass is 314 g/mol. The number of carbonyl (C=O) groups is 1. The summed E-state index contributed by atoms with van der Waals surface area (Å²) in [6, 6.07) is 5.06. The van der Waals surface area contributed by atoms with E-state index in [1.165, 1.54) is 0 Å². The highest BCUT2D eigenvalue weighted by Crippen LogP contribution is 2.31. The zero-order chi connectivity index (χ0) is 13.2. The summed E-state index contributed by atoms with van der Waals surface area (Å²) >= 11 is 3.19. The predicted molar refractivity (Wildman–Crippen MR) is 71.7 cm³/mol. The summed E-state index contributed by atoms with van der Waals surface area (Å²) in [7, 11) is 0. The summed E-state index contributed by atoms with van der Waals surface area (Å²) in [6.45, 7) is 3.43. The molecule has 1 fully saturated rings. The van der Waals surface area contributed by atoms with Gasteiger partial charge in [-0.25, -0.2) is 0 Å². The maximum atomic E-state index is 11.7. The lowest BCUT2D eigenvalue weighted by Gasteiger charge is -2.38. The van der Waals surface area contributed by atoms with E-state index in [4.69, 9.17) is 4.74 Å². The van der Waals surface area contributed by atoms with Gasteiger partial charge in [0.15, 0.2) is 5.75 Å². The van der Waals surface area contributed by atoms with Crippen LogP contribution in [0.15, 0.2) is 22.7 Å². The Morgan fingerprint density at radius 2 is 2.33 bits per heavy atom. The van der Waals surface area contributed by atoms with Gasteiger partial charge in [0.1, 0.15) is 6.61 Å². The predicted octanol–water partition coefficient (Wildman–Crippen LogP) is 1.47. The normalized spacial score (nSPS) is 17.0. The van der Waals surface area contributed by atoms with Crippen molar-refractivity contribution in [3.8, 4) is 5.75 Å². The Morgan fingerprint density at radius 3 is 2.94 bits per heavy atom. The van der Waals surface area contributed by atoms with Crippen molar-refractivity contribution in [1.29, 1.82) is 0 Å². The van der Waals surface area contributed by atoms with Crippen molar-refractivity contribution >= 4 is 27.5 Å². The highest BCUT2D eigenvalue weighted by atomic mass is 79.9. The number of benzene rings is 1. The average Bonchev–Trinajstić information content (AvgIpc) is 2.30. The first-order valence-electron chi connectivity index (χ1n) is 5.62. The number of anilines is 1. The standard InChI is InChI=1S/C12H15BrN2O3/c1-12(6-14-7-12)18-5-10(16)15-9-4-2-3-8(13)11(9)17/h2-4,14,17H,5-7H2,1H3,(H,15,16). The van der Waals surface area contributed by atoms with Crippen LogP contribution in [0.3, 0.4) is 0 Å². The van der Waals surface area contributed by atoms with Gasteiger partial charge in [-0.15, -0.1) is 0 Å². The van der Waals surface area contributed by atoms with Gasteiger partial charge in [-0.3, -0.25) is 4.79 Å². The lowest BCUT2D eigenvalue weighted by molar-refractivity contribution is -0.130. The second kappa shape index (κ2) is 5.26. The lowest BCUT2D eigenvalue weighted by atomic mass is 10.0. The van der Waals surface area contributed by atoms with Crippen LogP contribution in [0.4, 0.5) is 5.69 Å². The Labute approximate surface area is 114 Å².